The van der Waals surface area contributed by atoms with Crippen LogP contribution < -0.4 is 19.5 Å². The van der Waals surface area contributed by atoms with Crippen LogP contribution >= 0.6 is 0 Å². The Bertz CT molecular complexity index is 1140. The third-order valence-electron chi connectivity index (χ3n) is 4.49. The summed E-state index contributed by atoms with van der Waals surface area (Å²) in [7, 11) is 4.85. The average Bonchev–Trinajstić information content (AvgIpc) is 3.29. The van der Waals surface area contributed by atoms with Crippen LogP contribution in [0, 0.1) is 0 Å². The molecule has 0 saturated carbocycles. The first kappa shape index (κ1) is 19.3. The molecule has 30 heavy (non-hydrogen) atoms. The molecule has 2 N–H and O–H groups in total. The monoisotopic (exact) mass is 403 g/mol. The molecule has 0 unspecified atom stereocenters. The van der Waals surface area contributed by atoms with E-state index in [1.807, 2.05) is 48.5 Å². The number of rotatable bonds is 7. The number of aromatic amines is 1. The second-order valence-electron chi connectivity index (χ2n) is 6.37. The van der Waals surface area contributed by atoms with Gasteiger partial charge in [-0.3, -0.25) is 5.10 Å². The van der Waals surface area contributed by atoms with E-state index in [1.54, 1.807) is 33.6 Å². The lowest BCUT2D eigenvalue weighted by Crippen LogP contribution is -1.98. The Labute approximate surface area is 173 Å². The van der Waals surface area contributed by atoms with Gasteiger partial charge >= 0.3 is 0 Å². The molecule has 0 bridgehead atoms. The van der Waals surface area contributed by atoms with E-state index in [4.69, 9.17) is 14.2 Å². The van der Waals surface area contributed by atoms with E-state index in [2.05, 4.69) is 25.5 Å². The minimum atomic E-state index is 0.571. The Hall–Kier alpha value is -4.07. The highest BCUT2D eigenvalue weighted by atomic mass is 16.5. The number of ether oxygens (including phenoxy) is 3. The molecule has 0 aliphatic heterocycles. The number of benzene rings is 2. The summed E-state index contributed by atoms with van der Waals surface area (Å²) < 4.78 is 16.0. The number of nitrogens with zero attached hydrogens (tertiary/aromatic N) is 3. The summed E-state index contributed by atoms with van der Waals surface area (Å²) in [5.41, 5.74) is 2.41. The quantitative estimate of drug-likeness (QED) is 0.475. The van der Waals surface area contributed by atoms with Crippen molar-refractivity contribution in [2.75, 3.05) is 26.6 Å². The van der Waals surface area contributed by atoms with Gasteiger partial charge in [0.15, 0.2) is 11.6 Å². The number of H-pyrrole nitrogens is 1. The van der Waals surface area contributed by atoms with E-state index in [9.17, 15) is 0 Å². The third kappa shape index (κ3) is 4.02. The molecule has 2 heterocycles. The molecular weight excluding hydrogens is 382 g/mol. The third-order valence-corrected chi connectivity index (χ3v) is 4.49. The predicted octanol–water partition coefficient (Wildman–Crippen LogP) is 4.30. The minimum Gasteiger partial charge on any atom is -0.497 e. The summed E-state index contributed by atoms with van der Waals surface area (Å²) in [6, 6.07) is 16.9. The molecule has 2 aromatic carbocycles. The van der Waals surface area contributed by atoms with Crippen molar-refractivity contribution < 1.29 is 14.2 Å². The van der Waals surface area contributed by atoms with Crippen molar-refractivity contribution in [3.05, 3.63) is 60.8 Å². The lowest BCUT2D eigenvalue weighted by Gasteiger charge is -2.12. The van der Waals surface area contributed by atoms with Crippen molar-refractivity contribution in [3.8, 4) is 40.0 Å². The highest BCUT2D eigenvalue weighted by molar-refractivity contribution is 5.76. The van der Waals surface area contributed by atoms with Gasteiger partial charge in [-0.15, -0.1) is 0 Å². The van der Waals surface area contributed by atoms with Gasteiger partial charge in [0.05, 0.1) is 26.9 Å². The minimum absolute atomic E-state index is 0.571. The zero-order valence-corrected chi connectivity index (χ0v) is 16.8. The number of aromatic nitrogens is 4. The molecule has 0 spiro atoms. The van der Waals surface area contributed by atoms with Crippen molar-refractivity contribution in [3.63, 3.8) is 0 Å². The van der Waals surface area contributed by atoms with Crippen LogP contribution in [0.3, 0.4) is 0 Å². The van der Waals surface area contributed by atoms with E-state index in [-0.39, 0.29) is 0 Å². The summed E-state index contributed by atoms with van der Waals surface area (Å²) in [5, 5.41) is 10.7. The van der Waals surface area contributed by atoms with Crippen LogP contribution in [0.2, 0.25) is 0 Å². The van der Waals surface area contributed by atoms with E-state index in [0.29, 0.717) is 29.0 Å². The highest BCUT2D eigenvalue weighted by Gasteiger charge is 2.14. The maximum absolute atomic E-state index is 5.34. The van der Waals surface area contributed by atoms with Gasteiger partial charge in [0.25, 0.3) is 0 Å². The normalized spacial score (nSPS) is 10.5. The molecule has 0 saturated heterocycles. The first-order valence-electron chi connectivity index (χ1n) is 9.22. The molecule has 8 heteroatoms. The smallest absolute Gasteiger partial charge is 0.181 e. The Kier molecular flexibility index (Phi) is 5.47. The second-order valence-corrected chi connectivity index (χ2v) is 6.37. The lowest BCUT2D eigenvalue weighted by atomic mass is 10.2. The van der Waals surface area contributed by atoms with Crippen molar-refractivity contribution in [2.45, 2.75) is 0 Å². The predicted molar refractivity (Wildman–Crippen MR) is 114 cm³/mol. The molecule has 0 aliphatic rings. The van der Waals surface area contributed by atoms with Crippen molar-refractivity contribution >= 4 is 11.5 Å². The molecule has 0 radical (unpaired) electrons. The largest absolute Gasteiger partial charge is 0.497 e. The van der Waals surface area contributed by atoms with E-state index >= 15 is 0 Å². The van der Waals surface area contributed by atoms with Gasteiger partial charge in [-0.05, 0) is 24.3 Å². The molecule has 8 nitrogen and oxygen atoms in total. The van der Waals surface area contributed by atoms with Gasteiger partial charge < -0.3 is 19.5 Å². The summed E-state index contributed by atoms with van der Waals surface area (Å²) in [4.78, 5) is 9.11. The number of anilines is 2. The van der Waals surface area contributed by atoms with Gasteiger partial charge in [0.2, 0.25) is 0 Å². The molecule has 4 aromatic rings. The fraction of sp³-hybridized carbons (Fsp3) is 0.136. The molecule has 152 valence electrons. The number of pyridine rings is 1. The maximum atomic E-state index is 5.34. The fourth-order valence-electron chi connectivity index (χ4n) is 2.99. The molecule has 0 fully saturated rings. The second kappa shape index (κ2) is 8.52. The zero-order valence-electron chi connectivity index (χ0n) is 16.8. The van der Waals surface area contributed by atoms with Crippen molar-refractivity contribution in [1.29, 1.82) is 0 Å². The Morgan fingerprint density at radius 3 is 2.33 bits per heavy atom. The van der Waals surface area contributed by atoms with E-state index in [1.165, 1.54) is 0 Å². The Balaban J connectivity index is 1.67. The fourth-order valence-corrected chi connectivity index (χ4v) is 2.99. The summed E-state index contributed by atoms with van der Waals surface area (Å²) >= 11 is 0. The number of nitrogens with one attached hydrogen (secondary N) is 2. The zero-order chi connectivity index (χ0) is 20.9. The van der Waals surface area contributed by atoms with Crippen LogP contribution in [0.4, 0.5) is 11.5 Å². The van der Waals surface area contributed by atoms with E-state index in [0.717, 1.165) is 22.6 Å². The topological polar surface area (TPSA) is 94.2 Å². The van der Waals surface area contributed by atoms with Gasteiger partial charge in [0, 0.05) is 35.6 Å². The molecular formula is C22H21N5O3. The van der Waals surface area contributed by atoms with Crippen LogP contribution in [0.1, 0.15) is 0 Å². The van der Waals surface area contributed by atoms with Crippen molar-refractivity contribution in [1.82, 2.24) is 20.2 Å². The van der Waals surface area contributed by atoms with E-state index < -0.39 is 0 Å². The summed E-state index contributed by atoms with van der Waals surface area (Å²) in [5.74, 6) is 3.89. The molecule has 0 atom stereocenters. The van der Waals surface area contributed by atoms with Gasteiger partial charge in [-0.1, -0.05) is 12.1 Å². The molecule has 0 amide bonds. The van der Waals surface area contributed by atoms with Crippen LogP contribution in [-0.2, 0) is 0 Å². The average molecular weight is 403 g/mol. The molecule has 2 aromatic heterocycles. The van der Waals surface area contributed by atoms with Gasteiger partial charge in [-0.2, -0.15) is 5.10 Å². The van der Waals surface area contributed by atoms with Crippen LogP contribution in [0.5, 0.6) is 17.2 Å². The first-order chi connectivity index (χ1) is 14.7. The van der Waals surface area contributed by atoms with Crippen LogP contribution in [0.25, 0.3) is 22.8 Å². The maximum Gasteiger partial charge on any atom is 0.181 e. The summed E-state index contributed by atoms with van der Waals surface area (Å²) in [6.07, 6.45) is 1.71. The van der Waals surface area contributed by atoms with Gasteiger partial charge in [0.1, 0.15) is 23.1 Å². The number of hydrogen-bond acceptors (Lipinski definition) is 7. The SMILES string of the molecule is COc1cc(Nc2ncccc2-c2nc(-c3cccc(OC)c3)n[nH]2)cc(OC)c1. The van der Waals surface area contributed by atoms with Crippen LogP contribution in [0.15, 0.2) is 60.8 Å². The summed E-state index contributed by atoms with van der Waals surface area (Å²) in [6.45, 7) is 0. The standard InChI is InChI=1S/C22H21N5O3/c1-28-16-7-4-6-14(10-16)20-25-22(27-26-20)19-8-5-9-23-21(19)24-15-11-17(29-2)13-18(12-15)30-3/h4-13H,1-3H3,(H,23,24)(H,25,26,27). The Morgan fingerprint density at radius 1 is 0.833 bits per heavy atom. The lowest BCUT2D eigenvalue weighted by molar-refractivity contribution is 0.395. The van der Waals surface area contributed by atoms with Crippen molar-refractivity contribution in [2.24, 2.45) is 0 Å². The highest BCUT2D eigenvalue weighted by Crippen LogP contribution is 2.31. The van der Waals surface area contributed by atoms with Crippen LogP contribution in [-0.4, -0.2) is 41.5 Å². The number of hydrogen-bond donors (Lipinski definition) is 2. The Morgan fingerprint density at radius 2 is 1.60 bits per heavy atom. The first-order valence-corrected chi connectivity index (χ1v) is 9.22. The molecule has 4 rings (SSSR count). The molecule has 0 aliphatic carbocycles. The van der Waals surface area contributed by atoms with Gasteiger partial charge in [-0.25, -0.2) is 9.97 Å². The number of methoxy groups -OCH3 is 3.